The van der Waals surface area contributed by atoms with Crippen LogP contribution in [0, 0.1) is 5.82 Å². The summed E-state index contributed by atoms with van der Waals surface area (Å²) in [4.78, 5) is 4.27. The van der Waals surface area contributed by atoms with Crippen LogP contribution in [0.25, 0.3) is 0 Å². The molecule has 0 aliphatic heterocycles. The predicted molar refractivity (Wildman–Crippen MR) is 81.7 cm³/mol. The summed E-state index contributed by atoms with van der Waals surface area (Å²) in [6, 6.07) is 10.7. The van der Waals surface area contributed by atoms with E-state index in [1.54, 1.807) is 24.4 Å². The summed E-state index contributed by atoms with van der Waals surface area (Å²) >= 11 is 0. The van der Waals surface area contributed by atoms with E-state index in [0.717, 1.165) is 18.5 Å². The average Bonchev–Trinajstić information content (AvgIpc) is 2.52. The van der Waals surface area contributed by atoms with E-state index < -0.39 is 0 Å². The van der Waals surface area contributed by atoms with Gasteiger partial charge in [0.2, 0.25) is 5.88 Å². The number of hydrogen-bond donors (Lipinski definition) is 1. The van der Waals surface area contributed by atoms with Gasteiger partial charge in [-0.25, -0.2) is 9.37 Å². The highest BCUT2D eigenvalue weighted by atomic mass is 19.1. The molecule has 112 valence electrons. The van der Waals surface area contributed by atoms with Crippen LogP contribution in [0.2, 0.25) is 0 Å². The fourth-order valence-corrected chi connectivity index (χ4v) is 1.98. The van der Waals surface area contributed by atoms with E-state index in [1.165, 1.54) is 6.07 Å². The van der Waals surface area contributed by atoms with Gasteiger partial charge in [0.25, 0.3) is 0 Å². The molecule has 0 radical (unpaired) electrons. The Bertz CT molecular complexity index is 557. The highest BCUT2D eigenvalue weighted by Gasteiger charge is 2.06. The molecule has 1 aromatic carbocycles. The fraction of sp³-hybridized carbons (Fsp3) is 0.353. The Morgan fingerprint density at radius 3 is 2.71 bits per heavy atom. The molecule has 1 heterocycles. The van der Waals surface area contributed by atoms with Crippen molar-refractivity contribution >= 4 is 0 Å². The molecule has 0 amide bonds. The number of rotatable bonds is 7. The van der Waals surface area contributed by atoms with Crippen LogP contribution >= 0.6 is 0 Å². The van der Waals surface area contributed by atoms with Crippen LogP contribution in [0.3, 0.4) is 0 Å². The molecule has 0 bridgehead atoms. The zero-order valence-electron chi connectivity index (χ0n) is 12.5. The van der Waals surface area contributed by atoms with E-state index in [9.17, 15) is 4.39 Å². The first-order valence-corrected chi connectivity index (χ1v) is 7.26. The summed E-state index contributed by atoms with van der Waals surface area (Å²) in [5.74, 6) is 0.246. The smallest absolute Gasteiger partial charge is 0.213 e. The van der Waals surface area contributed by atoms with Crippen LogP contribution < -0.4 is 10.1 Å². The maximum Gasteiger partial charge on any atom is 0.213 e. The molecule has 0 spiro atoms. The molecule has 1 atom stereocenters. The lowest BCUT2D eigenvalue weighted by molar-refractivity contribution is 0.288. The van der Waals surface area contributed by atoms with Crippen molar-refractivity contribution in [2.24, 2.45) is 0 Å². The van der Waals surface area contributed by atoms with Crippen LogP contribution in [0.4, 0.5) is 4.39 Å². The quantitative estimate of drug-likeness (QED) is 0.840. The Balaban J connectivity index is 1.92. The number of aromatic nitrogens is 1. The minimum atomic E-state index is -0.258. The van der Waals surface area contributed by atoms with Gasteiger partial charge in [-0.2, -0.15) is 0 Å². The molecule has 1 unspecified atom stereocenters. The van der Waals surface area contributed by atoms with E-state index in [0.29, 0.717) is 11.4 Å². The number of nitrogens with one attached hydrogen (secondary N) is 1. The largest absolute Gasteiger partial charge is 0.473 e. The standard InChI is InChI=1S/C17H21FN2O/c1-3-10-19-13(2)14-8-9-17(20-11-14)21-12-15-6-4-5-7-16(15)18/h4-9,11,13,19H,3,10,12H2,1-2H3. The normalized spacial score (nSPS) is 12.1. The summed E-state index contributed by atoms with van der Waals surface area (Å²) in [5.41, 5.74) is 1.64. The predicted octanol–water partition coefficient (Wildman–Crippen LogP) is 3.86. The molecule has 21 heavy (non-hydrogen) atoms. The molecule has 1 N–H and O–H groups in total. The SMILES string of the molecule is CCCNC(C)c1ccc(OCc2ccccc2F)nc1. The highest BCUT2D eigenvalue weighted by Crippen LogP contribution is 2.16. The van der Waals surface area contributed by atoms with Crippen molar-refractivity contribution in [2.75, 3.05) is 6.54 Å². The number of ether oxygens (including phenoxy) is 1. The third kappa shape index (κ3) is 4.53. The molecule has 2 aromatic rings. The molecule has 0 aliphatic carbocycles. The number of benzene rings is 1. The van der Waals surface area contributed by atoms with Crippen LogP contribution in [0.5, 0.6) is 5.88 Å². The molecule has 0 fully saturated rings. The van der Waals surface area contributed by atoms with Crippen LogP contribution in [-0.4, -0.2) is 11.5 Å². The van der Waals surface area contributed by atoms with Crippen LogP contribution in [0.1, 0.15) is 37.4 Å². The molecule has 0 aliphatic rings. The Kier molecular flexibility index (Phi) is 5.69. The van der Waals surface area contributed by atoms with E-state index in [-0.39, 0.29) is 18.5 Å². The Hall–Kier alpha value is -1.94. The van der Waals surface area contributed by atoms with Gasteiger partial charge >= 0.3 is 0 Å². The first kappa shape index (κ1) is 15.4. The summed E-state index contributed by atoms with van der Waals surface area (Å²) < 4.78 is 19.0. The van der Waals surface area contributed by atoms with Gasteiger partial charge in [0, 0.05) is 23.9 Å². The number of nitrogens with zero attached hydrogens (tertiary/aromatic N) is 1. The van der Waals surface area contributed by atoms with Gasteiger partial charge in [0.1, 0.15) is 12.4 Å². The minimum absolute atomic E-state index is 0.183. The molecule has 1 aromatic heterocycles. The Labute approximate surface area is 125 Å². The van der Waals surface area contributed by atoms with Gasteiger partial charge in [-0.1, -0.05) is 31.2 Å². The van der Waals surface area contributed by atoms with E-state index in [4.69, 9.17) is 4.74 Å². The maximum absolute atomic E-state index is 13.5. The van der Waals surface area contributed by atoms with Gasteiger partial charge in [-0.05, 0) is 31.5 Å². The number of pyridine rings is 1. The molecule has 0 saturated heterocycles. The second-order valence-electron chi connectivity index (χ2n) is 4.99. The third-order valence-electron chi connectivity index (χ3n) is 3.29. The monoisotopic (exact) mass is 288 g/mol. The topological polar surface area (TPSA) is 34.1 Å². The highest BCUT2D eigenvalue weighted by molar-refractivity contribution is 5.21. The van der Waals surface area contributed by atoms with Crippen molar-refractivity contribution < 1.29 is 9.13 Å². The van der Waals surface area contributed by atoms with E-state index >= 15 is 0 Å². The van der Waals surface area contributed by atoms with Crippen molar-refractivity contribution in [2.45, 2.75) is 32.9 Å². The lowest BCUT2D eigenvalue weighted by atomic mass is 10.1. The van der Waals surface area contributed by atoms with Crippen molar-refractivity contribution in [1.29, 1.82) is 0 Å². The lowest BCUT2D eigenvalue weighted by Gasteiger charge is -2.13. The molecule has 4 heteroatoms. The van der Waals surface area contributed by atoms with E-state index in [1.807, 2.05) is 12.1 Å². The molecule has 3 nitrogen and oxygen atoms in total. The minimum Gasteiger partial charge on any atom is -0.473 e. The van der Waals surface area contributed by atoms with Crippen LogP contribution in [-0.2, 0) is 6.61 Å². The molecular weight excluding hydrogens is 267 g/mol. The number of hydrogen-bond acceptors (Lipinski definition) is 3. The zero-order valence-corrected chi connectivity index (χ0v) is 12.5. The zero-order chi connectivity index (χ0) is 15.1. The second-order valence-corrected chi connectivity index (χ2v) is 4.99. The van der Waals surface area contributed by atoms with Crippen molar-refractivity contribution in [1.82, 2.24) is 10.3 Å². The van der Waals surface area contributed by atoms with Gasteiger partial charge in [-0.15, -0.1) is 0 Å². The number of halogens is 1. The first-order chi connectivity index (χ1) is 10.2. The molecule has 2 rings (SSSR count). The lowest BCUT2D eigenvalue weighted by Crippen LogP contribution is -2.19. The maximum atomic E-state index is 13.5. The second kappa shape index (κ2) is 7.74. The van der Waals surface area contributed by atoms with Gasteiger partial charge < -0.3 is 10.1 Å². The summed E-state index contributed by atoms with van der Waals surface area (Å²) in [7, 11) is 0. The summed E-state index contributed by atoms with van der Waals surface area (Å²) in [5, 5.41) is 3.40. The average molecular weight is 288 g/mol. The van der Waals surface area contributed by atoms with Crippen molar-refractivity contribution in [3.63, 3.8) is 0 Å². The van der Waals surface area contributed by atoms with Crippen molar-refractivity contribution in [3.8, 4) is 5.88 Å². The third-order valence-corrected chi connectivity index (χ3v) is 3.29. The van der Waals surface area contributed by atoms with Crippen molar-refractivity contribution in [3.05, 3.63) is 59.5 Å². The van der Waals surface area contributed by atoms with Gasteiger partial charge in [0.15, 0.2) is 0 Å². The first-order valence-electron chi connectivity index (χ1n) is 7.26. The molecule has 0 saturated carbocycles. The fourth-order valence-electron chi connectivity index (χ4n) is 1.98. The molecular formula is C17H21FN2O. The van der Waals surface area contributed by atoms with Crippen LogP contribution in [0.15, 0.2) is 42.6 Å². The van der Waals surface area contributed by atoms with E-state index in [2.05, 4.69) is 24.1 Å². The Morgan fingerprint density at radius 1 is 1.24 bits per heavy atom. The summed E-state index contributed by atoms with van der Waals surface area (Å²) in [6.07, 6.45) is 2.89. The summed E-state index contributed by atoms with van der Waals surface area (Å²) in [6.45, 7) is 5.40. The van der Waals surface area contributed by atoms with Gasteiger partial charge in [-0.3, -0.25) is 0 Å². The Morgan fingerprint density at radius 2 is 2.05 bits per heavy atom. The van der Waals surface area contributed by atoms with Gasteiger partial charge in [0.05, 0.1) is 0 Å².